The number of benzene rings is 1. The lowest BCUT2D eigenvalue weighted by Gasteiger charge is -2.32. The molecule has 1 saturated heterocycles. The van der Waals surface area contributed by atoms with E-state index in [0.29, 0.717) is 6.04 Å². The van der Waals surface area contributed by atoms with E-state index in [1.165, 1.54) is 18.5 Å². The van der Waals surface area contributed by atoms with Gasteiger partial charge in [-0.1, -0.05) is 24.6 Å². The second kappa shape index (κ2) is 6.89. The van der Waals surface area contributed by atoms with Crippen molar-refractivity contribution in [3.63, 3.8) is 0 Å². The van der Waals surface area contributed by atoms with Crippen LogP contribution in [0.5, 0.6) is 0 Å². The quantitative estimate of drug-likeness (QED) is 0.915. The number of carbonyl (C=O) groups is 1. The summed E-state index contributed by atoms with van der Waals surface area (Å²) in [4.78, 5) is 14.8. The van der Waals surface area contributed by atoms with Crippen LogP contribution < -0.4 is 5.32 Å². The smallest absolute Gasteiger partial charge is 0.251 e. The second-order valence-electron chi connectivity index (χ2n) is 5.91. The highest BCUT2D eigenvalue weighted by Crippen LogP contribution is 2.14. The summed E-state index contributed by atoms with van der Waals surface area (Å²) in [6.07, 6.45) is 3.34. The number of amides is 1. The van der Waals surface area contributed by atoms with E-state index in [-0.39, 0.29) is 5.91 Å². The topological polar surface area (TPSA) is 32.3 Å². The molecule has 2 rings (SSSR count). The summed E-state index contributed by atoms with van der Waals surface area (Å²) in [5.41, 5.74) is 3.07. The van der Waals surface area contributed by atoms with Gasteiger partial charge in [-0.15, -0.1) is 0 Å². The molecule has 1 aliphatic heterocycles. The molecule has 20 heavy (non-hydrogen) atoms. The number of nitrogens with one attached hydrogen (secondary N) is 1. The first-order valence-electron chi connectivity index (χ1n) is 7.70. The van der Waals surface area contributed by atoms with Gasteiger partial charge < -0.3 is 10.2 Å². The lowest BCUT2D eigenvalue weighted by molar-refractivity contribution is 0.0910. The van der Waals surface area contributed by atoms with Crippen LogP contribution in [0.3, 0.4) is 0 Å². The third-order valence-electron chi connectivity index (χ3n) is 4.09. The zero-order valence-corrected chi connectivity index (χ0v) is 12.9. The number of nitrogens with zero attached hydrogens (tertiary/aromatic N) is 1. The molecule has 1 aliphatic rings. The minimum absolute atomic E-state index is 0.0800. The molecule has 0 spiro atoms. The normalized spacial score (nSPS) is 17.1. The summed E-state index contributed by atoms with van der Waals surface area (Å²) in [5, 5.41) is 3.19. The molecular formula is C17H26N2O. The predicted molar refractivity (Wildman–Crippen MR) is 83.1 cm³/mol. The van der Waals surface area contributed by atoms with Gasteiger partial charge in [-0.05, 0) is 51.3 Å². The second-order valence-corrected chi connectivity index (χ2v) is 5.91. The minimum Gasteiger partial charge on any atom is -0.349 e. The third-order valence-corrected chi connectivity index (χ3v) is 4.09. The van der Waals surface area contributed by atoms with Gasteiger partial charge >= 0.3 is 0 Å². The Labute approximate surface area is 122 Å². The summed E-state index contributed by atoms with van der Waals surface area (Å²) in [6, 6.07) is 6.34. The first-order chi connectivity index (χ1) is 9.60. The fourth-order valence-corrected chi connectivity index (χ4v) is 2.95. The predicted octanol–water partition coefficient (Wildman–Crippen LogP) is 2.91. The first-order valence-corrected chi connectivity index (χ1v) is 7.70. The van der Waals surface area contributed by atoms with E-state index in [9.17, 15) is 4.79 Å². The number of hydrogen-bond donors (Lipinski definition) is 1. The Bertz CT molecular complexity index is 462. The molecule has 1 amide bonds. The van der Waals surface area contributed by atoms with Crippen LogP contribution in [0.4, 0.5) is 0 Å². The summed E-state index contributed by atoms with van der Waals surface area (Å²) in [5.74, 6) is 0.0800. The Hall–Kier alpha value is -1.35. The van der Waals surface area contributed by atoms with Gasteiger partial charge in [0.05, 0.1) is 0 Å². The monoisotopic (exact) mass is 274 g/mol. The van der Waals surface area contributed by atoms with E-state index in [1.807, 2.05) is 19.1 Å². The highest BCUT2D eigenvalue weighted by molar-refractivity contribution is 5.95. The molecule has 1 aromatic rings. The van der Waals surface area contributed by atoms with Crippen LogP contribution in [0.1, 0.15) is 47.7 Å². The molecule has 3 nitrogen and oxygen atoms in total. The molecule has 1 aromatic carbocycles. The van der Waals surface area contributed by atoms with Gasteiger partial charge in [0.2, 0.25) is 0 Å². The van der Waals surface area contributed by atoms with Crippen molar-refractivity contribution >= 4 is 5.91 Å². The Morgan fingerprint density at radius 2 is 2.00 bits per heavy atom. The summed E-state index contributed by atoms with van der Waals surface area (Å²) in [6.45, 7) is 9.66. The highest BCUT2D eigenvalue weighted by atomic mass is 16.1. The molecule has 0 bridgehead atoms. The molecular weight excluding hydrogens is 248 g/mol. The van der Waals surface area contributed by atoms with Crippen LogP contribution in [0.15, 0.2) is 18.2 Å². The lowest BCUT2D eigenvalue weighted by atomic mass is 10.0. The maximum Gasteiger partial charge on any atom is 0.251 e. The van der Waals surface area contributed by atoms with Gasteiger partial charge in [0.15, 0.2) is 0 Å². The molecule has 0 atom stereocenters. The highest BCUT2D eigenvalue weighted by Gasteiger charge is 2.21. The van der Waals surface area contributed by atoms with E-state index in [4.69, 9.17) is 0 Å². The molecule has 1 heterocycles. The van der Waals surface area contributed by atoms with Gasteiger partial charge in [-0.2, -0.15) is 0 Å². The molecule has 0 aliphatic carbocycles. The van der Waals surface area contributed by atoms with E-state index in [2.05, 4.69) is 30.1 Å². The standard InChI is InChI=1S/C17H26N2O/c1-4-9-19-10-7-15(8-11-19)18-17(20)16-6-5-13(2)12-14(16)3/h5-6,12,15H,4,7-11H2,1-3H3,(H,18,20). The fraction of sp³-hybridized carbons (Fsp3) is 0.588. The summed E-state index contributed by atoms with van der Waals surface area (Å²) in [7, 11) is 0. The number of carbonyl (C=O) groups excluding carboxylic acids is 1. The van der Waals surface area contributed by atoms with Gasteiger partial charge in [0.25, 0.3) is 5.91 Å². The summed E-state index contributed by atoms with van der Waals surface area (Å²) >= 11 is 0. The zero-order valence-electron chi connectivity index (χ0n) is 12.9. The number of rotatable bonds is 4. The Balaban J connectivity index is 1.89. The van der Waals surface area contributed by atoms with E-state index < -0.39 is 0 Å². The van der Waals surface area contributed by atoms with E-state index in [0.717, 1.165) is 37.1 Å². The first kappa shape index (κ1) is 15.0. The average Bonchev–Trinajstić information content (AvgIpc) is 2.41. The average molecular weight is 274 g/mol. The largest absolute Gasteiger partial charge is 0.349 e. The fourth-order valence-electron chi connectivity index (χ4n) is 2.95. The van der Waals surface area contributed by atoms with Crippen molar-refractivity contribution in [2.45, 2.75) is 46.1 Å². The van der Waals surface area contributed by atoms with Crippen LogP contribution in [0, 0.1) is 13.8 Å². The third kappa shape index (κ3) is 3.83. The Kier molecular flexibility index (Phi) is 5.18. The van der Waals surface area contributed by atoms with Gasteiger partial charge in [-0.3, -0.25) is 4.79 Å². The van der Waals surface area contributed by atoms with Gasteiger partial charge in [0.1, 0.15) is 0 Å². The summed E-state index contributed by atoms with van der Waals surface area (Å²) < 4.78 is 0. The molecule has 0 radical (unpaired) electrons. The molecule has 1 N–H and O–H groups in total. The maximum atomic E-state index is 12.3. The number of piperidine rings is 1. The van der Waals surface area contributed by atoms with Crippen molar-refractivity contribution < 1.29 is 4.79 Å². The lowest BCUT2D eigenvalue weighted by Crippen LogP contribution is -2.44. The molecule has 110 valence electrons. The van der Waals surface area contributed by atoms with Crippen molar-refractivity contribution in [3.8, 4) is 0 Å². The van der Waals surface area contributed by atoms with Crippen LogP contribution in [0.2, 0.25) is 0 Å². The van der Waals surface area contributed by atoms with Crippen molar-refractivity contribution in [1.82, 2.24) is 10.2 Å². The molecule has 3 heteroatoms. The maximum absolute atomic E-state index is 12.3. The SMILES string of the molecule is CCCN1CCC(NC(=O)c2ccc(C)cc2C)CC1. The van der Waals surface area contributed by atoms with Crippen molar-refractivity contribution in [2.75, 3.05) is 19.6 Å². The molecule has 0 saturated carbocycles. The van der Waals surface area contributed by atoms with Crippen LogP contribution in [0.25, 0.3) is 0 Å². The number of hydrogen-bond acceptors (Lipinski definition) is 2. The van der Waals surface area contributed by atoms with Crippen molar-refractivity contribution in [3.05, 3.63) is 34.9 Å². The van der Waals surface area contributed by atoms with E-state index in [1.54, 1.807) is 0 Å². The number of likely N-dealkylation sites (tertiary alicyclic amines) is 1. The minimum atomic E-state index is 0.0800. The van der Waals surface area contributed by atoms with Crippen LogP contribution in [-0.2, 0) is 0 Å². The van der Waals surface area contributed by atoms with Crippen molar-refractivity contribution in [2.24, 2.45) is 0 Å². The van der Waals surface area contributed by atoms with Crippen LogP contribution in [-0.4, -0.2) is 36.5 Å². The van der Waals surface area contributed by atoms with Gasteiger partial charge in [-0.25, -0.2) is 0 Å². The molecule has 0 aromatic heterocycles. The Morgan fingerprint density at radius 1 is 1.30 bits per heavy atom. The molecule has 0 unspecified atom stereocenters. The van der Waals surface area contributed by atoms with E-state index >= 15 is 0 Å². The molecule has 1 fully saturated rings. The van der Waals surface area contributed by atoms with Crippen molar-refractivity contribution in [1.29, 1.82) is 0 Å². The Morgan fingerprint density at radius 3 is 2.60 bits per heavy atom. The zero-order chi connectivity index (χ0) is 14.5. The van der Waals surface area contributed by atoms with Gasteiger partial charge in [0, 0.05) is 24.7 Å². The number of aryl methyl sites for hydroxylation is 2. The van der Waals surface area contributed by atoms with Crippen LogP contribution >= 0.6 is 0 Å².